The number of hydrogen-bond acceptors (Lipinski definition) is 4. The van der Waals surface area contributed by atoms with Gasteiger partial charge in [-0.3, -0.25) is 4.79 Å². The molecule has 5 nitrogen and oxygen atoms in total. The Bertz CT molecular complexity index is 638. The van der Waals surface area contributed by atoms with Gasteiger partial charge >= 0.3 is 0 Å². The van der Waals surface area contributed by atoms with E-state index in [4.69, 9.17) is 4.74 Å². The van der Waals surface area contributed by atoms with Crippen LogP contribution in [0.15, 0.2) is 42.6 Å². The fraction of sp³-hybridized carbons (Fsp3) is 0.294. The van der Waals surface area contributed by atoms with E-state index in [1.54, 1.807) is 13.3 Å². The fourth-order valence-electron chi connectivity index (χ4n) is 2.51. The number of aromatic nitrogens is 1. The Kier molecular flexibility index (Phi) is 4.34. The number of methoxy groups -OCH3 is 1. The highest BCUT2D eigenvalue weighted by Crippen LogP contribution is 2.21. The third-order valence-electron chi connectivity index (χ3n) is 3.79. The summed E-state index contributed by atoms with van der Waals surface area (Å²) >= 11 is 0. The zero-order valence-corrected chi connectivity index (χ0v) is 12.6. The minimum absolute atomic E-state index is 0.162. The largest absolute Gasteiger partial charge is 0.481 e. The standard InChI is InChI=1S/C17H19N3O2/c1-22-16-7-6-15(10-19-16)14-4-2-13(3-5-14)12-20-9-8-18-11-17(20)21/h2-7,10,18H,8-9,11-12H2,1H3. The molecule has 3 rings (SSSR count). The molecule has 1 aliphatic rings. The van der Waals surface area contributed by atoms with Crippen LogP contribution in [0.1, 0.15) is 5.56 Å². The number of hydrogen-bond donors (Lipinski definition) is 1. The molecule has 22 heavy (non-hydrogen) atoms. The molecule has 1 aromatic carbocycles. The van der Waals surface area contributed by atoms with Crippen molar-refractivity contribution in [2.75, 3.05) is 26.7 Å². The number of amides is 1. The molecule has 2 heterocycles. The molecule has 1 aliphatic heterocycles. The number of nitrogens with one attached hydrogen (secondary N) is 1. The summed E-state index contributed by atoms with van der Waals surface area (Å²) in [6.07, 6.45) is 1.80. The summed E-state index contributed by atoms with van der Waals surface area (Å²) in [4.78, 5) is 17.9. The van der Waals surface area contributed by atoms with E-state index in [9.17, 15) is 4.79 Å². The molecule has 1 amide bonds. The lowest BCUT2D eigenvalue weighted by atomic mass is 10.1. The first kappa shape index (κ1) is 14.5. The molecule has 0 bridgehead atoms. The lowest BCUT2D eigenvalue weighted by Crippen LogP contribution is -2.47. The molecule has 1 N–H and O–H groups in total. The lowest BCUT2D eigenvalue weighted by molar-refractivity contribution is -0.132. The summed E-state index contributed by atoms with van der Waals surface area (Å²) in [5.41, 5.74) is 3.29. The third-order valence-corrected chi connectivity index (χ3v) is 3.79. The minimum Gasteiger partial charge on any atom is -0.481 e. The average Bonchev–Trinajstić information content (AvgIpc) is 2.58. The van der Waals surface area contributed by atoms with Crippen LogP contribution < -0.4 is 10.1 Å². The summed E-state index contributed by atoms with van der Waals surface area (Å²) in [7, 11) is 1.61. The Morgan fingerprint density at radius 1 is 1.18 bits per heavy atom. The van der Waals surface area contributed by atoms with Crippen LogP contribution in [0.3, 0.4) is 0 Å². The maximum absolute atomic E-state index is 11.8. The number of benzene rings is 1. The highest BCUT2D eigenvalue weighted by atomic mass is 16.5. The van der Waals surface area contributed by atoms with E-state index in [0.717, 1.165) is 29.8 Å². The summed E-state index contributed by atoms with van der Waals surface area (Å²) < 4.78 is 5.07. The first-order chi connectivity index (χ1) is 10.8. The van der Waals surface area contributed by atoms with Crippen LogP contribution in [0.25, 0.3) is 11.1 Å². The zero-order chi connectivity index (χ0) is 15.4. The molecular weight excluding hydrogens is 278 g/mol. The van der Waals surface area contributed by atoms with Crippen LogP contribution >= 0.6 is 0 Å². The molecule has 1 saturated heterocycles. The van der Waals surface area contributed by atoms with E-state index in [1.807, 2.05) is 17.0 Å². The predicted octanol–water partition coefficient (Wildman–Crippen LogP) is 1.69. The second-order valence-corrected chi connectivity index (χ2v) is 5.28. The van der Waals surface area contributed by atoms with Crippen LogP contribution in [0, 0.1) is 0 Å². The van der Waals surface area contributed by atoms with Crippen molar-refractivity contribution in [2.24, 2.45) is 0 Å². The molecule has 2 aromatic rings. The van der Waals surface area contributed by atoms with Crippen molar-refractivity contribution in [2.45, 2.75) is 6.54 Å². The van der Waals surface area contributed by atoms with Gasteiger partial charge in [0.1, 0.15) is 0 Å². The molecule has 0 spiro atoms. The van der Waals surface area contributed by atoms with Gasteiger partial charge in [-0.1, -0.05) is 24.3 Å². The van der Waals surface area contributed by atoms with Gasteiger partial charge in [-0.2, -0.15) is 0 Å². The molecule has 0 saturated carbocycles. The van der Waals surface area contributed by atoms with Crippen LogP contribution in [0.2, 0.25) is 0 Å². The normalized spacial score (nSPS) is 15.0. The van der Waals surface area contributed by atoms with Crippen molar-refractivity contribution in [3.63, 3.8) is 0 Å². The molecule has 0 radical (unpaired) electrons. The third kappa shape index (κ3) is 3.26. The Hall–Kier alpha value is -2.40. The molecule has 1 aromatic heterocycles. The van der Waals surface area contributed by atoms with Crippen LogP contribution in [-0.2, 0) is 11.3 Å². The molecule has 114 valence electrons. The maximum atomic E-state index is 11.8. The number of piperazine rings is 1. The smallest absolute Gasteiger partial charge is 0.236 e. The van der Waals surface area contributed by atoms with E-state index in [-0.39, 0.29) is 5.91 Å². The lowest BCUT2D eigenvalue weighted by Gasteiger charge is -2.27. The Labute approximate surface area is 129 Å². The van der Waals surface area contributed by atoms with E-state index in [0.29, 0.717) is 19.0 Å². The van der Waals surface area contributed by atoms with E-state index >= 15 is 0 Å². The predicted molar refractivity (Wildman–Crippen MR) is 84.5 cm³/mol. The van der Waals surface area contributed by atoms with E-state index in [1.165, 1.54) is 0 Å². The Balaban J connectivity index is 1.70. The molecule has 0 atom stereocenters. The van der Waals surface area contributed by atoms with Gasteiger partial charge < -0.3 is 15.0 Å². The summed E-state index contributed by atoms with van der Waals surface area (Å²) in [5.74, 6) is 0.771. The number of ether oxygens (including phenoxy) is 1. The second-order valence-electron chi connectivity index (χ2n) is 5.28. The van der Waals surface area contributed by atoms with Gasteiger partial charge in [0.25, 0.3) is 0 Å². The summed E-state index contributed by atoms with van der Waals surface area (Å²) in [6.45, 7) is 2.74. The van der Waals surface area contributed by atoms with Crippen molar-refractivity contribution in [1.29, 1.82) is 0 Å². The maximum Gasteiger partial charge on any atom is 0.236 e. The van der Waals surface area contributed by atoms with Gasteiger partial charge in [-0.25, -0.2) is 4.98 Å². The molecule has 0 unspecified atom stereocenters. The van der Waals surface area contributed by atoms with Crippen molar-refractivity contribution in [3.8, 4) is 17.0 Å². The van der Waals surface area contributed by atoms with Gasteiger partial charge in [0, 0.05) is 37.5 Å². The number of pyridine rings is 1. The van der Waals surface area contributed by atoms with Gasteiger partial charge in [0.2, 0.25) is 11.8 Å². The second kappa shape index (κ2) is 6.58. The summed E-state index contributed by atoms with van der Waals surface area (Å²) in [5, 5.41) is 3.08. The number of nitrogens with zero attached hydrogens (tertiary/aromatic N) is 2. The molecule has 0 aliphatic carbocycles. The van der Waals surface area contributed by atoms with Gasteiger partial charge in [0.05, 0.1) is 13.7 Å². The minimum atomic E-state index is 0.162. The number of carbonyl (C=O) groups is 1. The fourth-order valence-corrected chi connectivity index (χ4v) is 2.51. The van der Waals surface area contributed by atoms with Crippen molar-refractivity contribution < 1.29 is 9.53 Å². The van der Waals surface area contributed by atoms with E-state index in [2.05, 4.69) is 34.6 Å². The van der Waals surface area contributed by atoms with Crippen molar-refractivity contribution in [3.05, 3.63) is 48.2 Å². The molecular formula is C17H19N3O2. The quantitative estimate of drug-likeness (QED) is 0.933. The number of rotatable bonds is 4. The first-order valence-corrected chi connectivity index (χ1v) is 7.34. The van der Waals surface area contributed by atoms with Gasteiger partial charge in [-0.15, -0.1) is 0 Å². The highest BCUT2D eigenvalue weighted by molar-refractivity contribution is 5.79. The topological polar surface area (TPSA) is 54.5 Å². The zero-order valence-electron chi connectivity index (χ0n) is 12.6. The molecule has 1 fully saturated rings. The van der Waals surface area contributed by atoms with Crippen LogP contribution in [0.5, 0.6) is 5.88 Å². The number of carbonyl (C=O) groups excluding carboxylic acids is 1. The average molecular weight is 297 g/mol. The molecule has 5 heteroatoms. The van der Waals surface area contributed by atoms with Gasteiger partial charge in [0.15, 0.2) is 0 Å². The Morgan fingerprint density at radius 2 is 1.95 bits per heavy atom. The highest BCUT2D eigenvalue weighted by Gasteiger charge is 2.17. The first-order valence-electron chi connectivity index (χ1n) is 7.34. The Morgan fingerprint density at radius 3 is 2.59 bits per heavy atom. The SMILES string of the molecule is COc1ccc(-c2ccc(CN3CCNCC3=O)cc2)cn1. The van der Waals surface area contributed by atoms with Gasteiger partial charge in [-0.05, 0) is 17.2 Å². The monoisotopic (exact) mass is 297 g/mol. The van der Waals surface area contributed by atoms with Crippen molar-refractivity contribution >= 4 is 5.91 Å². The van der Waals surface area contributed by atoms with Crippen molar-refractivity contribution in [1.82, 2.24) is 15.2 Å². The van der Waals surface area contributed by atoms with E-state index < -0.39 is 0 Å². The summed E-state index contributed by atoms with van der Waals surface area (Å²) in [6, 6.07) is 12.1. The van der Waals surface area contributed by atoms with Crippen LogP contribution in [0.4, 0.5) is 0 Å². The van der Waals surface area contributed by atoms with Crippen LogP contribution in [-0.4, -0.2) is 42.5 Å².